The van der Waals surface area contributed by atoms with Gasteiger partial charge in [0.15, 0.2) is 0 Å². The maximum absolute atomic E-state index is 13.9. The number of hydrogen-bond donors (Lipinski definition) is 1. The van der Waals surface area contributed by atoms with Gasteiger partial charge in [0.25, 0.3) is 0 Å². The maximum atomic E-state index is 13.9. The van der Waals surface area contributed by atoms with Crippen molar-refractivity contribution in [2.75, 3.05) is 11.9 Å². The third-order valence-electron chi connectivity index (χ3n) is 3.79. The summed E-state index contributed by atoms with van der Waals surface area (Å²) in [6.45, 7) is -0.191. The van der Waals surface area contributed by atoms with Gasteiger partial charge in [0.1, 0.15) is 18.5 Å². The number of carbonyl (C=O) groups is 1. The van der Waals surface area contributed by atoms with Gasteiger partial charge in [0.05, 0.1) is 5.69 Å². The van der Waals surface area contributed by atoms with Crippen LogP contribution in [-0.2, 0) is 9.53 Å². The van der Waals surface area contributed by atoms with E-state index in [1.165, 1.54) is 12.1 Å². The van der Waals surface area contributed by atoms with Crippen molar-refractivity contribution in [2.45, 2.75) is 6.10 Å². The number of rotatable bonds is 6. The van der Waals surface area contributed by atoms with Crippen LogP contribution in [0.5, 0.6) is 0 Å². The summed E-state index contributed by atoms with van der Waals surface area (Å²) in [5.41, 5.74) is 2.01. The van der Waals surface area contributed by atoms with E-state index in [1.54, 1.807) is 6.07 Å². The SMILES string of the molecule is O=C(COC(c1ccccc1)c1ccccc1)Nc1ccc(Br)cc1F. The Kier molecular flexibility index (Phi) is 6.15. The van der Waals surface area contributed by atoms with E-state index in [2.05, 4.69) is 21.2 Å². The number of amides is 1. The van der Waals surface area contributed by atoms with Gasteiger partial charge in [-0.3, -0.25) is 4.79 Å². The summed E-state index contributed by atoms with van der Waals surface area (Å²) < 4.78 is 20.3. The van der Waals surface area contributed by atoms with E-state index in [-0.39, 0.29) is 18.4 Å². The van der Waals surface area contributed by atoms with E-state index in [0.717, 1.165) is 11.1 Å². The fourth-order valence-electron chi connectivity index (χ4n) is 2.58. The molecule has 1 amide bonds. The molecule has 0 fully saturated rings. The van der Waals surface area contributed by atoms with Crippen LogP contribution in [0.1, 0.15) is 17.2 Å². The molecule has 26 heavy (non-hydrogen) atoms. The molecule has 3 aromatic rings. The third-order valence-corrected chi connectivity index (χ3v) is 4.28. The van der Waals surface area contributed by atoms with E-state index in [9.17, 15) is 9.18 Å². The van der Waals surface area contributed by atoms with E-state index < -0.39 is 11.7 Å². The minimum atomic E-state index is -0.504. The van der Waals surface area contributed by atoms with E-state index in [0.29, 0.717) is 4.47 Å². The normalized spacial score (nSPS) is 10.7. The van der Waals surface area contributed by atoms with E-state index in [1.807, 2.05) is 60.7 Å². The topological polar surface area (TPSA) is 38.3 Å². The largest absolute Gasteiger partial charge is 0.359 e. The van der Waals surface area contributed by atoms with Crippen LogP contribution in [0.25, 0.3) is 0 Å². The van der Waals surface area contributed by atoms with Crippen molar-refractivity contribution < 1.29 is 13.9 Å². The molecule has 132 valence electrons. The number of hydrogen-bond acceptors (Lipinski definition) is 2. The van der Waals surface area contributed by atoms with Gasteiger partial charge in [-0.25, -0.2) is 4.39 Å². The molecule has 0 aliphatic carbocycles. The van der Waals surface area contributed by atoms with E-state index >= 15 is 0 Å². The predicted octanol–water partition coefficient (Wildman–Crippen LogP) is 5.33. The van der Waals surface area contributed by atoms with Crippen molar-refractivity contribution in [3.8, 4) is 0 Å². The van der Waals surface area contributed by atoms with Crippen molar-refractivity contribution in [3.05, 3.63) is 100 Å². The highest BCUT2D eigenvalue weighted by molar-refractivity contribution is 9.10. The molecule has 0 radical (unpaired) electrons. The first-order chi connectivity index (χ1) is 12.6. The average molecular weight is 414 g/mol. The molecule has 3 rings (SSSR count). The Morgan fingerprint density at radius 1 is 0.962 bits per heavy atom. The summed E-state index contributed by atoms with van der Waals surface area (Å²) in [7, 11) is 0. The highest BCUT2D eigenvalue weighted by atomic mass is 79.9. The monoisotopic (exact) mass is 413 g/mol. The van der Waals surface area contributed by atoms with Gasteiger partial charge in [-0.15, -0.1) is 0 Å². The molecular weight excluding hydrogens is 397 g/mol. The standard InChI is InChI=1S/C21H17BrFNO2/c22-17-11-12-19(18(23)13-17)24-20(25)14-26-21(15-7-3-1-4-8-15)16-9-5-2-6-10-16/h1-13,21H,14H2,(H,24,25). The lowest BCUT2D eigenvalue weighted by atomic mass is 10.0. The van der Waals surface area contributed by atoms with Crippen LogP contribution in [0.4, 0.5) is 10.1 Å². The second-order valence-electron chi connectivity index (χ2n) is 5.68. The smallest absolute Gasteiger partial charge is 0.250 e. The predicted molar refractivity (Wildman–Crippen MR) is 103 cm³/mol. The quantitative estimate of drug-likeness (QED) is 0.592. The van der Waals surface area contributed by atoms with Gasteiger partial charge in [-0.05, 0) is 29.3 Å². The molecular formula is C21H17BrFNO2. The van der Waals surface area contributed by atoms with Crippen molar-refractivity contribution in [1.82, 2.24) is 0 Å². The number of nitrogens with one attached hydrogen (secondary N) is 1. The minimum Gasteiger partial charge on any atom is -0.359 e. The molecule has 0 saturated carbocycles. The summed E-state index contributed by atoms with van der Waals surface area (Å²) in [5.74, 6) is -0.918. The Morgan fingerprint density at radius 2 is 1.54 bits per heavy atom. The van der Waals surface area contributed by atoms with Gasteiger partial charge in [0.2, 0.25) is 5.91 Å². The van der Waals surface area contributed by atoms with Gasteiger partial charge < -0.3 is 10.1 Å². The van der Waals surface area contributed by atoms with Crippen LogP contribution in [0.2, 0.25) is 0 Å². The van der Waals surface area contributed by atoms with Crippen LogP contribution in [0.3, 0.4) is 0 Å². The van der Waals surface area contributed by atoms with Gasteiger partial charge in [-0.2, -0.15) is 0 Å². The van der Waals surface area contributed by atoms with Crippen LogP contribution in [-0.4, -0.2) is 12.5 Å². The molecule has 0 heterocycles. The summed E-state index contributed by atoms with van der Waals surface area (Å²) in [6, 6.07) is 23.8. The molecule has 0 aliphatic heterocycles. The molecule has 3 nitrogen and oxygen atoms in total. The highest BCUT2D eigenvalue weighted by Gasteiger charge is 2.16. The lowest BCUT2D eigenvalue weighted by Gasteiger charge is -2.19. The Labute approximate surface area is 159 Å². The summed E-state index contributed by atoms with van der Waals surface area (Å²) in [5, 5.41) is 2.54. The van der Waals surface area contributed by atoms with Crippen molar-refractivity contribution in [3.63, 3.8) is 0 Å². The zero-order chi connectivity index (χ0) is 18.4. The van der Waals surface area contributed by atoms with Crippen LogP contribution in [0, 0.1) is 5.82 Å². The van der Waals surface area contributed by atoms with Gasteiger partial charge in [0, 0.05) is 4.47 Å². The average Bonchev–Trinajstić information content (AvgIpc) is 2.66. The Morgan fingerprint density at radius 3 is 2.08 bits per heavy atom. The Balaban J connectivity index is 1.71. The Bertz CT molecular complexity index is 832. The van der Waals surface area contributed by atoms with Crippen molar-refractivity contribution in [1.29, 1.82) is 0 Å². The molecule has 0 unspecified atom stereocenters. The van der Waals surface area contributed by atoms with Crippen LogP contribution >= 0.6 is 15.9 Å². The van der Waals surface area contributed by atoms with Crippen LogP contribution in [0.15, 0.2) is 83.3 Å². The first-order valence-corrected chi connectivity index (χ1v) is 8.89. The summed E-state index contributed by atoms with van der Waals surface area (Å²) in [4.78, 5) is 12.2. The molecule has 5 heteroatoms. The fraction of sp³-hybridized carbons (Fsp3) is 0.0952. The number of halogens is 2. The fourth-order valence-corrected chi connectivity index (χ4v) is 2.91. The molecule has 0 bridgehead atoms. The number of carbonyl (C=O) groups excluding carboxylic acids is 1. The van der Waals surface area contributed by atoms with Crippen molar-refractivity contribution >= 4 is 27.5 Å². The number of ether oxygens (including phenoxy) is 1. The maximum Gasteiger partial charge on any atom is 0.250 e. The minimum absolute atomic E-state index is 0.123. The second kappa shape index (κ2) is 8.74. The summed E-state index contributed by atoms with van der Waals surface area (Å²) in [6.07, 6.45) is -0.377. The first-order valence-electron chi connectivity index (χ1n) is 8.10. The first kappa shape index (κ1) is 18.3. The third kappa shape index (κ3) is 4.77. The lowest BCUT2D eigenvalue weighted by molar-refractivity contribution is -0.121. The van der Waals surface area contributed by atoms with Gasteiger partial charge in [-0.1, -0.05) is 76.6 Å². The second-order valence-corrected chi connectivity index (χ2v) is 6.60. The van der Waals surface area contributed by atoms with Crippen molar-refractivity contribution in [2.24, 2.45) is 0 Å². The number of anilines is 1. The molecule has 1 N–H and O–H groups in total. The molecule has 0 spiro atoms. The molecule has 0 atom stereocenters. The lowest BCUT2D eigenvalue weighted by Crippen LogP contribution is -2.21. The molecule has 0 aliphatic rings. The molecule has 0 aromatic heterocycles. The highest BCUT2D eigenvalue weighted by Crippen LogP contribution is 2.26. The zero-order valence-corrected chi connectivity index (χ0v) is 15.4. The zero-order valence-electron chi connectivity index (χ0n) is 13.9. The number of benzene rings is 3. The molecule has 0 saturated heterocycles. The molecule has 3 aromatic carbocycles. The van der Waals surface area contributed by atoms with Gasteiger partial charge >= 0.3 is 0 Å². The van der Waals surface area contributed by atoms with Crippen LogP contribution < -0.4 is 5.32 Å². The van der Waals surface area contributed by atoms with E-state index in [4.69, 9.17) is 4.74 Å². The Hall–Kier alpha value is -2.50. The summed E-state index contributed by atoms with van der Waals surface area (Å²) >= 11 is 3.19.